The molecule has 0 saturated heterocycles. The maximum Gasteiger partial charge on any atom is 0.264 e. The number of sulfonamides is 1. The molecule has 0 aromatic heterocycles. The van der Waals surface area contributed by atoms with Crippen LogP contribution in [0.25, 0.3) is 0 Å². The molecule has 0 heterocycles. The van der Waals surface area contributed by atoms with Crippen LogP contribution in [0.1, 0.15) is 30.0 Å². The molecule has 1 aliphatic rings. The maximum absolute atomic E-state index is 13.4. The van der Waals surface area contributed by atoms with Gasteiger partial charge in [0.1, 0.15) is 12.3 Å². The van der Waals surface area contributed by atoms with Crippen LogP contribution in [-0.4, -0.2) is 28.0 Å². The zero-order chi connectivity index (χ0) is 22.6. The summed E-state index contributed by atoms with van der Waals surface area (Å²) in [5.74, 6) is 0.260. The molecule has 0 radical (unpaired) electrons. The van der Waals surface area contributed by atoms with Crippen molar-refractivity contribution in [3.05, 3.63) is 90.0 Å². The Hall–Kier alpha value is -3.32. The normalized spacial score (nSPS) is 15.5. The first-order valence-corrected chi connectivity index (χ1v) is 12.0. The average molecular weight is 451 g/mol. The van der Waals surface area contributed by atoms with Crippen molar-refractivity contribution in [2.24, 2.45) is 0 Å². The first-order valence-electron chi connectivity index (χ1n) is 10.6. The Morgan fingerprint density at radius 2 is 1.69 bits per heavy atom. The van der Waals surface area contributed by atoms with Gasteiger partial charge >= 0.3 is 0 Å². The fourth-order valence-electron chi connectivity index (χ4n) is 4.06. The van der Waals surface area contributed by atoms with Crippen molar-refractivity contribution in [2.45, 2.75) is 30.2 Å². The number of anilines is 1. The summed E-state index contributed by atoms with van der Waals surface area (Å²) < 4.78 is 33.2. The first kappa shape index (κ1) is 21.9. The molecule has 1 atom stereocenters. The largest absolute Gasteiger partial charge is 0.497 e. The Morgan fingerprint density at radius 3 is 2.41 bits per heavy atom. The number of nitrogens with one attached hydrogen (secondary N) is 1. The quantitative estimate of drug-likeness (QED) is 0.588. The molecule has 0 fully saturated rings. The SMILES string of the molecule is COc1ccc(N(CC(=O)N[C@H]2CCCc3ccccc32)S(=O)(=O)c2ccccc2)cc1. The van der Waals surface area contributed by atoms with E-state index >= 15 is 0 Å². The molecule has 7 heteroatoms. The molecule has 0 spiro atoms. The van der Waals surface area contributed by atoms with Gasteiger partial charge in [-0.2, -0.15) is 0 Å². The second kappa shape index (κ2) is 9.44. The standard InChI is InChI=1S/C25H26N2O4S/c1-31-21-16-14-20(15-17-21)27(32(29,30)22-10-3-2-4-11-22)18-25(28)26-24-13-7-9-19-8-5-6-12-23(19)24/h2-6,8,10-12,14-17,24H,7,9,13,18H2,1H3,(H,26,28)/t24-/m0/s1. The van der Waals surface area contributed by atoms with Gasteiger partial charge in [0.2, 0.25) is 5.91 Å². The van der Waals surface area contributed by atoms with Crippen LogP contribution in [0.3, 0.4) is 0 Å². The second-order valence-electron chi connectivity index (χ2n) is 7.73. The lowest BCUT2D eigenvalue weighted by Gasteiger charge is -2.28. The van der Waals surface area contributed by atoms with Gasteiger partial charge in [0.15, 0.2) is 0 Å². The van der Waals surface area contributed by atoms with Crippen molar-refractivity contribution in [3.8, 4) is 5.75 Å². The van der Waals surface area contributed by atoms with Gasteiger partial charge in [0.05, 0.1) is 23.7 Å². The molecular weight excluding hydrogens is 424 g/mol. The number of ether oxygens (including phenoxy) is 1. The van der Waals surface area contributed by atoms with E-state index in [9.17, 15) is 13.2 Å². The number of hydrogen-bond donors (Lipinski definition) is 1. The minimum absolute atomic E-state index is 0.121. The predicted molar refractivity (Wildman–Crippen MR) is 124 cm³/mol. The van der Waals surface area contributed by atoms with E-state index < -0.39 is 10.0 Å². The number of carbonyl (C=O) groups excluding carboxylic acids is 1. The van der Waals surface area contributed by atoms with Gasteiger partial charge in [0, 0.05) is 0 Å². The molecule has 32 heavy (non-hydrogen) atoms. The second-order valence-corrected chi connectivity index (χ2v) is 9.60. The van der Waals surface area contributed by atoms with E-state index in [1.807, 2.05) is 18.2 Å². The third-order valence-electron chi connectivity index (χ3n) is 5.68. The molecule has 1 amide bonds. The van der Waals surface area contributed by atoms with Crippen LogP contribution in [0.2, 0.25) is 0 Å². The summed E-state index contributed by atoms with van der Waals surface area (Å²) in [5.41, 5.74) is 2.73. The minimum Gasteiger partial charge on any atom is -0.497 e. The van der Waals surface area contributed by atoms with Gasteiger partial charge in [-0.1, -0.05) is 42.5 Å². The maximum atomic E-state index is 13.4. The molecule has 3 aromatic rings. The number of hydrogen-bond acceptors (Lipinski definition) is 4. The van der Waals surface area contributed by atoms with E-state index in [4.69, 9.17) is 4.74 Å². The Kier molecular flexibility index (Phi) is 6.46. The Labute approximate surface area is 188 Å². The number of carbonyl (C=O) groups is 1. The zero-order valence-electron chi connectivity index (χ0n) is 17.9. The number of nitrogens with zero attached hydrogens (tertiary/aromatic N) is 1. The molecule has 1 aliphatic carbocycles. The topological polar surface area (TPSA) is 75.7 Å². The van der Waals surface area contributed by atoms with Crippen molar-refractivity contribution >= 4 is 21.6 Å². The van der Waals surface area contributed by atoms with Gasteiger partial charge < -0.3 is 10.1 Å². The zero-order valence-corrected chi connectivity index (χ0v) is 18.7. The highest BCUT2D eigenvalue weighted by atomic mass is 32.2. The van der Waals surface area contributed by atoms with Crippen molar-refractivity contribution in [1.82, 2.24) is 5.32 Å². The fourth-order valence-corrected chi connectivity index (χ4v) is 5.50. The van der Waals surface area contributed by atoms with Gasteiger partial charge in [0.25, 0.3) is 10.0 Å². The monoisotopic (exact) mass is 450 g/mol. The number of benzene rings is 3. The number of aryl methyl sites for hydroxylation is 1. The van der Waals surface area contributed by atoms with E-state index in [0.717, 1.165) is 29.1 Å². The lowest BCUT2D eigenvalue weighted by molar-refractivity contribution is -0.120. The number of methoxy groups -OCH3 is 1. The molecule has 4 rings (SSSR count). The summed E-state index contributed by atoms with van der Waals surface area (Å²) in [5, 5.41) is 3.05. The van der Waals surface area contributed by atoms with Crippen molar-refractivity contribution in [2.75, 3.05) is 18.0 Å². The molecular formula is C25H26N2O4S. The lowest BCUT2D eigenvalue weighted by Crippen LogP contribution is -2.42. The average Bonchev–Trinajstić information content (AvgIpc) is 2.83. The molecule has 166 valence electrons. The third kappa shape index (κ3) is 4.62. The number of fused-ring (bicyclic) bond motifs is 1. The third-order valence-corrected chi connectivity index (χ3v) is 7.47. The Balaban J connectivity index is 1.61. The smallest absolute Gasteiger partial charge is 0.264 e. The summed E-state index contributed by atoms with van der Waals surface area (Å²) in [7, 11) is -2.39. The highest BCUT2D eigenvalue weighted by Gasteiger charge is 2.29. The lowest BCUT2D eigenvalue weighted by atomic mass is 9.88. The number of amides is 1. The van der Waals surface area contributed by atoms with E-state index in [2.05, 4.69) is 11.4 Å². The van der Waals surface area contributed by atoms with Gasteiger partial charge in [-0.05, 0) is 66.8 Å². The summed E-state index contributed by atoms with van der Waals surface area (Å²) in [4.78, 5) is 13.2. The molecule has 0 bridgehead atoms. The van der Waals surface area contributed by atoms with Crippen molar-refractivity contribution < 1.29 is 17.9 Å². The van der Waals surface area contributed by atoms with Crippen molar-refractivity contribution in [3.63, 3.8) is 0 Å². The van der Waals surface area contributed by atoms with Crippen LogP contribution in [0.4, 0.5) is 5.69 Å². The Bertz CT molecular complexity index is 1180. The van der Waals surface area contributed by atoms with Gasteiger partial charge in [-0.3, -0.25) is 9.10 Å². The Morgan fingerprint density at radius 1 is 1.00 bits per heavy atom. The first-order chi connectivity index (χ1) is 15.5. The van der Waals surface area contributed by atoms with E-state index in [1.165, 1.54) is 17.7 Å². The summed E-state index contributed by atoms with van der Waals surface area (Å²) in [6.45, 7) is -0.317. The van der Waals surface area contributed by atoms with E-state index in [-0.39, 0.29) is 23.4 Å². The minimum atomic E-state index is -3.94. The number of rotatable bonds is 7. The molecule has 0 unspecified atom stereocenters. The molecule has 3 aromatic carbocycles. The van der Waals surface area contributed by atoms with Crippen LogP contribution in [0.15, 0.2) is 83.8 Å². The van der Waals surface area contributed by atoms with E-state index in [1.54, 1.807) is 49.6 Å². The molecule has 6 nitrogen and oxygen atoms in total. The highest BCUT2D eigenvalue weighted by Crippen LogP contribution is 2.30. The molecule has 1 N–H and O–H groups in total. The van der Waals surface area contributed by atoms with Gasteiger partial charge in [-0.25, -0.2) is 8.42 Å². The highest BCUT2D eigenvalue weighted by molar-refractivity contribution is 7.92. The van der Waals surface area contributed by atoms with E-state index in [0.29, 0.717) is 11.4 Å². The molecule has 0 saturated carbocycles. The van der Waals surface area contributed by atoms with Crippen LogP contribution < -0.4 is 14.4 Å². The van der Waals surface area contributed by atoms with Crippen LogP contribution in [0, 0.1) is 0 Å². The van der Waals surface area contributed by atoms with Crippen LogP contribution in [0.5, 0.6) is 5.75 Å². The van der Waals surface area contributed by atoms with Crippen molar-refractivity contribution in [1.29, 1.82) is 0 Å². The van der Waals surface area contributed by atoms with Crippen LogP contribution in [-0.2, 0) is 21.2 Å². The van der Waals surface area contributed by atoms with Crippen LogP contribution >= 0.6 is 0 Å². The molecule has 0 aliphatic heterocycles. The van der Waals surface area contributed by atoms with Gasteiger partial charge in [-0.15, -0.1) is 0 Å². The summed E-state index contributed by atoms with van der Waals surface area (Å²) >= 11 is 0. The summed E-state index contributed by atoms with van der Waals surface area (Å²) in [6, 6.07) is 22.7. The predicted octanol–water partition coefficient (Wildman–Crippen LogP) is 4.08. The summed E-state index contributed by atoms with van der Waals surface area (Å²) in [6.07, 6.45) is 2.80. The fraction of sp³-hybridized carbons (Fsp3) is 0.240.